The van der Waals surface area contributed by atoms with Gasteiger partial charge in [0, 0.05) is 22.8 Å². The number of carbonyl (C=O) groups is 1. The maximum absolute atomic E-state index is 12.1. The molecule has 0 amide bonds. The number of quaternary nitrogens is 1. The van der Waals surface area contributed by atoms with Crippen LogP contribution < -0.4 is 11.2 Å². The molecular weight excluding hydrogens is 300 g/mol. The van der Waals surface area contributed by atoms with E-state index in [2.05, 4.69) is 0 Å². The van der Waals surface area contributed by atoms with Gasteiger partial charge in [0.2, 0.25) is 0 Å². The lowest BCUT2D eigenvalue weighted by molar-refractivity contribution is -0.829. The van der Waals surface area contributed by atoms with Crippen LogP contribution in [0.15, 0.2) is 42.5 Å². The Labute approximate surface area is 134 Å². The summed E-state index contributed by atoms with van der Waals surface area (Å²) in [6.07, 6.45) is 0. The third-order valence-electron chi connectivity index (χ3n) is 3.21. The SMILES string of the molecule is CO[NH2+]c1ccccc1-c1ccc(C(N)=S)cc1C(=O)OC. The molecule has 0 aliphatic heterocycles. The molecule has 2 aromatic carbocycles. The first-order chi connectivity index (χ1) is 10.6. The highest BCUT2D eigenvalue weighted by Gasteiger charge is 2.18. The standard InChI is InChI=1S/C16H16N2O3S/c1-20-16(19)13-9-10(15(17)22)7-8-11(13)12-5-3-4-6-14(12)18-21-2/h3-9,18H,1-2H3,(H2,17,22)/p+1. The van der Waals surface area contributed by atoms with Crippen molar-refractivity contribution in [3.63, 3.8) is 0 Å². The Morgan fingerprint density at radius 2 is 1.86 bits per heavy atom. The average molecular weight is 317 g/mol. The van der Waals surface area contributed by atoms with Gasteiger partial charge in [-0.2, -0.15) is 5.48 Å². The zero-order chi connectivity index (χ0) is 16.1. The molecule has 114 valence electrons. The first kappa shape index (κ1) is 16.1. The second-order valence-electron chi connectivity index (χ2n) is 4.56. The molecule has 0 heterocycles. The summed E-state index contributed by atoms with van der Waals surface area (Å²) in [5.41, 5.74) is 10.7. The summed E-state index contributed by atoms with van der Waals surface area (Å²) in [7, 11) is 2.92. The second kappa shape index (κ2) is 7.13. The monoisotopic (exact) mass is 317 g/mol. The largest absolute Gasteiger partial charge is 0.465 e. The van der Waals surface area contributed by atoms with Gasteiger partial charge in [-0.25, -0.2) is 9.63 Å². The predicted octanol–water partition coefficient (Wildman–Crippen LogP) is 1.53. The highest BCUT2D eigenvalue weighted by Crippen LogP contribution is 2.29. The molecule has 0 bridgehead atoms. The van der Waals surface area contributed by atoms with Crippen LogP contribution in [0, 0.1) is 0 Å². The molecule has 0 saturated heterocycles. The first-order valence-corrected chi connectivity index (χ1v) is 6.97. The topological polar surface area (TPSA) is 78.2 Å². The van der Waals surface area contributed by atoms with E-state index >= 15 is 0 Å². The van der Waals surface area contributed by atoms with Crippen LogP contribution in [0.4, 0.5) is 5.69 Å². The van der Waals surface area contributed by atoms with Crippen LogP contribution in [-0.4, -0.2) is 25.2 Å². The van der Waals surface area contributed by atoms with Crippen molar-refractivity contribution in [2.75, 3.05) is 14.2 Å². The van der Waals surface area contributed by atoms with E-state index in [9.17, 15) is 4.79 Å². The second-order valence-corrected chi connectivity index (χ2v) is 5.00. The van der Waals surface area contributed by atoms with Crippen molar-refractivity contribution < 1.29 is 19.8 Å². The lowest BCUT2D eigenvalue weighted by Gasteiger charge is -2.11. The molecule has 22 heavy (non-hydrogen) atoms. The molecule has 2 rings (SSSR count). The number of nitrogens with two attached hydrogens (primary N) is 2. The summed E-state index contributed by atoms with van der Waals surface area (Å²) in [6.45, 7) is 0. The van der Waals surface area contributed by atoms with Crippen LogP contribution in [0.5, 0.6) is 0 Å². The molecular formula is C16H17N2O3S+. The van der Waals surface area contributed by atoms with Gasteiger partial charge in [0.25, 0.3) is 0 Å². The number of thiocarbonyl (C=S) groups is 1. The summed E-state index contributed by atoms with van der Waals surface area (Å²) in [5, 5.41) is 0. The van der Waals surface area contributed by atoms with Gasteiger partial charge in [-0.3, -0.25) is 0 Å². The minimum absolute atomic E-state index is 0.230. The average Bonchev–Trinajstić information content (AvgIpc) is 2.54. The van der Waals surface area contributed by atoms with Crippen molar-refractivity contribution in [1.29, 1.82) is 0 Å². The Bertz CT molecular complexity index is 716. The number of rotatable bonds is 5. The van der Waals surface area contributed by atoms with Crippen LogP contribution in [0.25, 0.3) is 11.1 Å². The molecule has 4 N–H and O–H groups in total. The smallest absolute Gasteiger partial charge is 0.338 e. The molecule has 0 atom stereocenters. The Morgan fingerprint density at radius 1 is 1.14 bits per heavy atom. The van der Waals surface area contributed by atoms with Crippen molar-refractivity contribution in [1.82, 2.24) is 0 Å². The molecule has 0 aliphatic rings. The van der Waals surface area contributed by atoms with E-state index in [1.54, 1.807) is 24.7 Å². The van der Waals surface area contributed by atoms with Crippen LogP contribution in [-0.2, 0) is 9.57 Å². The van der Waals surface area contributed by atoms with Crippen molar-refractivity contribution in [2.24, 2.45) is 5.73 Å². The van der Waals surface area contributed by atoms with E-state index in [1.807, 2.05) is 30.3 Å². The number of hydrogen-bond donors (Lipinski definition) is 2. The number of methoxy groups -OCH3 is 1. The maximum atomic E-state index is 12.1. The summed E-state index contributed by atoms with van der Waals surface area (Å²) in [5.74, 6) is -0.444. The van der Waals surface area contributed by atoms with E-state index in [0.717, 1.165) is 16.8 Å². The number of esters is 1. The van der Waals surface area contributed by atoms with E-state index < -0.39 is 5.97 Å². The lowest BCUT2D eigenvalue weighted by Crippen LogP contribution is -2.76. The highest BCUT2D eigenvalue weighted by atomic mass is 32.1. The normalized spacial score (nSPS) is 10.3. The molecule has 0 spiro atoms. The van der Waals surface area contributed by atoms with Gasteiger partial charge in [-0.1, -0.05) is 36.5 Å². The highest BCUT2D eigenvalue weighted by molar-refractivity contribution is 7.80. The number of carbonyl (C=O) groups excluding carboxylic acids is 1. The zero-order valence-electron chi connectivity index (χ0n) is 12.3. The van der Waals surface area contributed by atoms with Crippen molar-refractivity contribution in [2.45, 2.75) is 0 Å². The van der Waals surface area contributed by atoms with Gasteiger partial charge in [0.15, 0.2) is 5.69 Å². The fraction of sp³-hybridized carbons (Fsp3) is 0.125. The van der Waals surface area contributed by atoms with Crippen LogP contribution >= 0.6 is 12.2 Å². The van der Waals surface area contributed by atoms with E-state index in [1.165, 1.54) is 7.11 Å². The van der Waals surface area contributed by atoms with E-state index in [4.69, 9.17) is 27.5 Å². The van der Waals surface area contributed by atoms with Crippen LogP contribution in [0.2, 0.25) is 0 Å². The van der Waals surface area contributed by atoms with E-state index in [-0.39, 0.29) is 4.99 Å². The summed E-state index contributed by atoms with van der Waals surface area (Å²) >= 11 is 4.97. The van der Waals surface area contributed by atoms with Gasteiger partial charge in [0.05, 0.1) is 19.8 Å². The molecule has 2 aromatic rings. The maximum Gasteiger partial charge on any atom is 0.338 e. The Hall–Kier alpha value is -2.28. The predicted molar refractivity (Wildman–Crippen MR) is 87.7 cm³/mol. The third-order valence-corrected chi connectivity index (χ3v) is 3.44. The summed E-state index contributed by atoms with van der Waals surface area (Å²) in [4.78, 5) is 17.4. The Kier molecular flexibility index (Phi) is 5.21. The zero-order valence-corrected chi connectivity index (χ0v) is 13.1. The van der Waals surface area contributed by atoms with Crippen molar-refractivity contribution in [3.8, 4) is 11.1 Å². The van der Waals surface area contributed by atoms with E-state index in [0.29, 0.717) is 11.1 Å². The van der Waals surface area contributed by atoms with Crippen LogP contribution in [0.1, 0.15) is 15.9 Å². The molecule has 0 aromatic heterocycles. The first-order valence-electron chi connectivity index (χ1n) is 6.56. The molecule has 0 radical (unpaired) electrons. The van der Waals surface area contributed by atoms with Gasteiger partial charge in [-0.05, 0) is 12.1 Å². The quantitative estimate of drug-likeness (QED) is 0.378. The molecule has 0 fully saturated rings. The molecule has 0 saturated carbocycles. The fourth-order valence-corrected chi connectivity index (χ4v) is 2.31. The molecule has 0 unspecified atom stereocenters. The molecule has 5 nitrogen and oxygen atoms in total. The van der Waals surface area contributed by atoms with Crippen LogP contribution in [0.3, 0.4) is 0 Å². The summed E-state index contributed by atoms with van der Waals surface area (Å²) in [6, 6.07) is 12.8. The number of ether oxygens (including phenoxy) is 1. The third kappa shape index (κ3) is 3.30. The molecule has 0 aliphatic carbocycles. The minimum atomic E-state index is -0.444. The van der Waals surface area contributed by atoms with Crippen molar-refractivity contribution in [3.05, 3.63) is 53.6 Å². The van der Waals surface area contributed by atoms with Gasteiger partial charge < -0.3 is 10.5 Å². The van der Waals surface area contributed by atoms with Gasteiger partial charge in [0.1, 0.15) is 4.99 Å². The summed E-state index contributed by atoms with van der Waals surface area (Å²) < 4.78 is 4.87. The number of benzene rings is 2. The minimum Gasteiger partial charge on any atom is -0.465 e. The van der Waals surface area contributed by atoms with Crippen molar-refractivity contribution >= 4 is 28.9 Å². The Balaban J connectivity index is 2.64. The number of hydrogen-bond acceptors (Lipinski definition) is 4. The molecule has 6 heteroatoms. The van der Waals surface area contributed by atoms with Gasteiger partial charge in [-0.15, -0.1) is 0 Å². The van der Waals surface area contributed by atoms with Gasteiger partial charge >= 0.3 is 5.97 Å². The lowest BCUT2D eigenvalue weighted by atomic mass is 9.96. The fourth-order valence-electron chi connectivity index (χ4n) is 2.18. The Morgan fingerprint density at radius 3 is 2.50 bits per heavy atom.